The summed E-state index contributed by atoms with van der Waals surface area (Å²) in [6.45, 7) is 2.02. The quantitative estimate of drug-likeness (QED) is 0.766. The molecule has 0 spiro atoms. The molecular weight excluding hydrogens is 372 g/mol. The van der Waals surface area contributed by atoms with Gasteiger partial charge in [-0.1, -0.05) is 17.7 Å². The molecule has 1 aromatic heterocycles. The molecule has 0 bridgehead atoms. The first-order valence-electron chi connectivity index (χ1n) is 8.49. The van der Waals surface area contributed by atoms with Gasteiger partial charge in [-0.3, -0.25) is 14.4 Å². The van der Waals surface area contributed by atoms with Crippen LogP contribution in [0.25, 0.3) is 0 Å². The number of rotatable bonds is 6. The smallest absolute Gasteiger partial charge is 0.312 e. The van der Waals surface area contributed by atoms with Crippen molar-refractivity contribution >= 4 is 35.1 Å². The average molecular weight is 391 g/mol. The molecule has 1 aromatic carbocycles. The highest BCUT2D eigenvalue weighted by molar-refractivity contribution is 6.30. The van der Waals surface area contributed by atoms with Crippen LogP contribution in [0.3, 0.4) is 0 Å². The van der Waals surface area contributed by atoms with Crippen LogP contribution in [0.1, 0.15) is 19.1 Å². The standard InChI is InChI=1S/C19H19ClN2O5/c1-12(18(24)21-15-5-2-4-14(20)9-15)27-19(25)13-8-17(23)22(10-13)11-16-6-3-7-26-16/h2-7,9,12-13H,8,10-11H2,1H3,(H,21,24)/t12-,13+/m1/s1. The van der Waals surface area contributed by atoms with Gasteiger partial charge in [0.25, 0.3) is 5.91 Å². The van der Waals surface area contributed by atoms with Crippen molar-refractivity contribution < 1.29 is 23.5 Å². The van der Waals surface area contributed by atoms with Crippen LogP contribution in [-0.2, 0) is 25.7 Å². The molecule has 1 aliphatic heterocycles. The lowest BCUT2D eigenvalue weighted by atomic mass is 10.1. The van der Waals surface area contributed by atoms with Crippen LogP contribution < -0.4 is 5.32 Å². The van der Waals surface area contributed by atoms with Crippen molar-refractivity contribution in [3.8, 4) is 0 Å². The Morgan fingerprint density at radius 3 is 2.89 bits per heavy atom. The Labute approximate surface area is 161 Å². The average Bonchev–Trinajstić information content (AvgIpc) is 3.25. The minimum atomic E-state index is -0.995. The summed E-state index contributed by atoms with van der Waals surface area (Å²) in [7, 11) is 0. The molecule has 2 amide bonds. The van der Waals surface area contributed by atoms with Crippen molar-refractivity contribution in [1.82, 2.24) is 4.90 Å². The summed E-state index contributed by atoms with van der Waals surface area (Å²) in [4.78, 5) is 38.2. The normalized spacial score (nSPS) is 17.6. The topological polar surface area (TPSA) is 88.9 Å². The number of anilines is 1. The van der Waals surface area contributed by atoms with Gasteiger partial charge in [-0.2, -0.15) is 0 Å². The lowest BCUT2D eigenvalue weighted by molar-refractivity contribution is -0.157. The largest absolute Gasteiger partial charge is 0.467 e. The number of halogens is 1. The molecule has 1 fully saturated rings. The molecule has 8 heteroatoms. The van der Waals surface area contributed by atoms with Gasteiger partial charge in [0, 0.05) is 23.7 Å². The first kappa shape index (κ1) is 19.0. The SMILES string of the molecule is C[C@@H](OC(=O)[C@H]1CC(=O)N(Cc2ccco2)C1)C(=O)Nc1cccc(Cl)c1. The van der Waals surface area contributed by atoms with Crippen molar-refractivity contribution in [3.63, 3.8) is 0 Å². The highest BCUT2D eigenvalue weighted by atomic mass is 35.5. The molecule has 2 heterocycles. The van der Waals surface area contributed by atoms with Gasteiger partial charge < -0.3 is 19.4 Å². The fraction of sp³-hybridized carbons (Fsp3) is 0.316. The van der Waals surface area contributed by atoms with E-state index in [4.69, 9.17) is 20.8 Å². The number of carbonyl (C=O) groups is 3. The zero-order chi connectivity index (χ0) is 19.4. The minimum Gasteiger partial charge on any atom is -0.467 e. The Hall–Kier alpha value is -2.80. The number of carbonyl (C=O) groups excluding carboxylic acids is 3. The summed E-state index contributed by atoms with van der Waals surface area (Å²) < 4.78 is 10.5. The molecule has 7 nitrogen and oxygen atoms in total. The number of hydrogen-bond donors (Lipinski definition) is 1. The second-order valence-corrected chi connectivity index (χ2v) is 6.77. The summed E-state index contributed by atoms with van der Waals surface area (Å²) in [5.74, 6) is -1.15. The number of hydrogen-bond acceptors (Lipinski definition) is 5. The van der Waals surface area contributed by atoms with E-state index in [1.165, 1.54) is 13.2 Å². The van der Waals surface area contributed by atoms with E-state index in [9.17, 15) is 14.4 Å². The number of nitrogens with zero attached hydrogens (tertiary/aromatic N) is 1. The van der Waals surface area contributed by atoms with Crippen molar-refractivity contribution in [2.75, 3.05) is 11.9 Å². The van der Waals surface area contributed by atoms with E-state index in [1.807, 2.05) is 0 Å². The highest BCUT2D eigenvalue weighted by Crippen LogP contribution is 2.22. The second-order valence-electron chi connectivity index (χ2n) is 6.33. The Bertz CT molecular complexity index is 836. The molecule has 0 aliphatic carbocycles. The molecule has 3 rings (SSSR count). The van der Waals surface area contributed by atoms with Gasteiger partial charge in [-0.15, -0.1) is 0 Å². The van der Waals surface area contributed by atoms with Crippen molar-refractivity contribution in [2.24, 2.45) is 5.92 Å². The third-order valence-electron chi connectivity index (χ3n) is 4.23. The third-order valence-corrected chi connectivity index (χ3v) is 4.46. The van der Waals surface area contributed by atoms with Gasteiger partial charge in [0.05, 0.1) is 18.7 Å². The van der Waals surface area contributed by atoms with Gasteiger partial charge >= 0.3 is 5.97 Å². The predicted molar refractivity (Wildman–Crippen MR) is 97.9 cm³/mol. The molecule has 0 radical (unpaired) electrons. The van der Waals surface area contributed by atoms with Crippen LogP contribution in [0.4, 0.5) is 5.69 Å². The van der Waals surface area contributed by atoms with E-state index in [0.29, 0.717) is 23.0 Å². The number of furan rings is 1. The maximum atomic E-state index is 12.3. The second kappa shape index (κ2) is 8.26. The number of esters is 1. The zero-order valence-corrected chi connectivity index (χ0v) is 15.4. The summed E-state index contributed by atoms with van der Waals surface area (Å²) in [5, 5.41) is 3.12. The van der Waals surface area contributed by atoms with Crippen LogP contribution in [-0.4, -0.2) is 35.3 Å². The van der Waals surface area contributed by atoms with Crippen molar-refractivity contribution in [1.29, 1.82) is 0 Å². The Morgan fingerprint density at radius 1 is 1.37 bits per heavy atom. The molecule has 1 N–H and O–H groups in total. The van der Waals surface area contributed by atoms with E-state index >= 15 is 0 Å². The van der Waals surface area contributed by atoms with Gasteiger partial charge in [0.1, 0.15) is 5.76 Å². The van der Waals surface area contributed by atoms with Crippen LogP contribution in [0.2, 0.25) is 5.02 Å². The molecule has 142 valence electrons. The summed E-state index contributed by atoms with van der Waals surface area (Å²) in [5.41, 5.74) is 0.510. The van der Waals surface area contributed by atoms with Gasteiger partial charge in [0.2, 0.25) is 5.91 Å². The fourth-order valence-corrected chi connectivity index (χ4v) is 3.00. The highest BCUT2D eigenvalue weighted by Gasteiger charge is 2.36. The summed E-state index contributed by atoms with van der Waals surface area (Å²) in [6, 6.07) is 10.2. The van der Waals surface area contributed by atoms with Crippen LogP contribution in [0.15, 0.2) is 47.1 Å². The summed E-state index contributed by atoms with van der Waals surface area (Å²) >= 11 is 5.88. The van der Waals surface area contributed by atoms with E-state index in [2.05, 4.69) is 5.32 Å². The van der Waals surface area contributed by atoms with Gasteiger partial charge in [-0.05, 0) is 37.3 Å². The molecule has 0 unspecified atom stereocenters. The number of nitrogens with one attached hydrogen (secondary N) is 1. The minimum absolute atomic E-state index is 0.0577. The number of benzene rings is 1. The van der Waals surface area contributed by atoms with Gasteiger partial charge in [0.15, 0.2) is 6.10 Å². The predicted octanol–water partition coefficient (Wildman–Crippen LogP) is 2.85. The number of ether oxygens (including phenoxy) is 1. The Kier molecular flexibility index (Phi) is 5.81. The monoisotopic (exact) mass is 390 g/mol. The maximum Gasteiger partial charge on any atom is 0.312 e. The van der Waals surface area contributed by atoms with E-state index in [0.717, 1.165) is 0 Å². The molecule has 1 aliphatic rings. The molecular formula is C19H19ClN2O5. The number of amides is 2. The van der Waals surface area contributed by atoms with Crippen molar-refractivity contribution in [2.45, 2.75) is 26.0 Å². The van der Waals surface area contributed by atoms with E-state index in [1.54, 1.807) is 41.3 Å². The van der Waals surface area contributed by atoms with Crippen LogP contribution >= 0.6 is 11.6 Å². The lowest BCUT2D eigenvalue weighted by Gasteiger charge is -2.17. The van der Waals surface area contributed by atoms with Crippen LogP contribution in [0.5, 0.6) is 0 Å². The molecule has 1 saturated heterocycles. The molecule has 27 heavy (non-hydrogen) atoms. The molecule has 2 atom stereocenters. The van der Waals surface area contributed by atoms with Crippen molar-refractivity contribution in [3.05, 3.63) is 53.4 Å². The first-order chi connectivity index (χ1) is 12.9. The maximum absolute atomic E-state index is 12.3. The first-order valence-corrected chi connectivity index (χ1v) is 8.87. The molecule has 2 aromatic rings. The fourth-order valence-electron chi connectivity index (χ4n) is 2.81. The van der Waals surface area contributed by atoms with Crippen LogP contribution in [0, 0.1) is 5.92 Å². The Morgan fingerprint density at radius 2 is 2.19 bits per heavy atom. The molecule has 0 saturated carbocycles. The Balaban J connectivity index is 1.52. The third kappa shape index (κ3) is 4.89. The van der Waals surface area contributed by atoms with E-state index < -0.39 is 23.9 Å². The lowest BCUT2D eigenvalue weighted by Crippen LogP contribution is -2.33. The van der Waals surface area contributed by atoms with Gasteiger partial charge in [-0.25, -0.2) is 0 Å². The van der Waals surface area contributed by atoms with E-state index in [-0.39, 0.29) is 18.9 Å². The number of likely N-dealkylation sites (tertiary alicyclic amines) is 1. The summed E-state index contributed by atoms with van der Waals surface area (Å²) in [6.07, 6.45) is 0.593. The zero-order valence-electron chi connectivity index (χ0n) is 14.7.